The molecule has 0 aliphatic rings. The van der Waals surface area contributed by atoms with E-state index >= 15 is 0 Å². The van der Waals surface area contributed by atoms with Crippen LogP contribution in [0.25, 0.3) is 11.1 Å². The first-order valence-corrected chi connectivity index (χ1v) is 13.5. The van der Waals surface area contributed by atoms with Gasteiger partial charge in [-0.3, -0.25) is 14.4 Å². The lowest BCUT2D eigenvalue weighted by atomic mass is 10.0. The van der Waals surface area contributed by atoms with Crippen molar-refractivity contribution in [1.29, 1.82) is 0 Å². The minimum absolute atomic E-state index is 0.00671. The molecule has 206 valence electrons. The van der Waals surface area contributed by atoms with Gasteiger partial charge in [0.2, 0.25) is 6.41 Å². The summed E-state index contributed by atoms with van der Waals surface area (Å²) >= 11 is 0. The van der Waals surface area contributed by atoms with Crippen LogP contribution in [0.1, 0.15) is 62.4 Å². The van der Waals surface area contributed by atoms with Gasteiger partial charge in [-0.15, -0.1) is 0 Å². The van der Waals surface area contributed by atoms with Gasteiger partial charge in [0.15, 0.2) is 0 Å². The van der Waals surface area contributed by atoms with Crippen LogP contribution in [0.15, 0.2) is 72.8 Å². The molecular formula is C32H38N2O5. The minimum atomic E-state index is -0.148. The van der Waals surface area contributed by atoms with E-state index in [4.69, 9.17) is 9.47 Å². The van der Waals surface area contributed by atoms with Gasteiger partial charge in [-0.2, -0.15) is 0 Å². The molecule has 0 saturated carbocycles. The maximum absolute atomic E-state index is 13.4. The quantitative estimate of drug-likeness (QED) is 0.138. The summed E-state index contributed by atoms with van der Waals surface area (Å²) in [5, 5.41) is 2.66. The number of benzene rings is 3. The zero-order valence-electron chi connectivity index (χ0n) is 23.0. The Labute approximate surface area is 231 Å². The number of esters is 1. The molecule has 0 aromatic heterocycles. The second-order valence-corrected chi connectivity index (χ2v) is 9.56. The first-order chi connectivity index (χ1) is 18.9. The van der Waals surface area contributed by atoms with E-state index in [0.717, 1.165) is 41.7 Å². The van der Waals surface area contributed by atoms with E-state index in [-0.39, 0.29) is 17.9 Å². The Kier molecular flexibility index (Phi) is 11.6. The van der Waals surface area contributed by atoms with Gasteiger partial charge in [-0.25, -0.2) is 0 Å². The zero-order chi connectivity index (χ0) is 28.0. The lowest BCUT2D eigenvalue weighted by Crippen LogP contribution is -2.36. The summed E-state index contributed by atoms with van der Waals surface area (Å²) in [7, 11) is 0. The van der Waals surface area contributed by atoms with Gasteiger partial charge in [-0.05, 0) is 93.1 Å². The maximum atomic E-state index is 13.4. The highest BCUT2D eigenvalue weighted by atomic mass is 16.5. The topological polar surface area (TPSA) is 84.9 Å². The van der Waals surface area contributed by atoms with Crippen molar-refractivity contribution in [2.75, 3.05) is 18.5 Å². The van der Waals surface area contributed by atoms with Gasteiger partial charge in [-0.1, -0.05) is 36.4 Å². The number of unbranched alkanes of at least 4 members (excludes halogenated alkanes) is 2. The molecule has 0 radical (unpaired) electrons. The van der Waals surface area contributed by atoms with E-state index in [1.807, 2.05) is 98.5 Å². The minimum Gasteiger partial charge on any atom is -0.494 e. The second kappa shape index (κ2) is 15.3. The van der Waals surface area contributed by atoms with Crippen molar-refractivity contribution in [3.8, 4) is 16.9 Å². The number of carbonyl (C=O) groups excluding carboxylic acids is 3. The second-order valence-electron chi connectivity index (χ2n) is 9.56. The molecule has 0 aliphatic carbocycles. The monoisotopic (exact) mass is 530 g/mol. The Morgan fingerprint density at radius 3 is 2.41 bits per heavy atom. The number of hydrogen-bond acceptors (Lipinski definition) is 5. The Morgan fingerprint density at radius 1 is 0.923 bits per heavy atom. The van der Waals surface area contributed by atoms with E-state index in [9.17, 15) is 14.4 Å². The van der Waals surface area contributed by atoms with Crippen LogP contribution in [0.3, 0.4) is 0 Å². The Hall–Kier alpha value is -4.13. The largest absolute Gasteiger partial charge is 0.494 e. The van der Waals surface area contributed by atoms with E-state index in [1.54, 1.807) is 0 Å². The van der Waals surface area contributed by atoms with E-state index in [0.29, 0.717) is 43.8 Å². The third kappa shape index (κ3) is 9.28. The lowest BCUT2D eigenvalue weighted by molar-refractivity contribution is -0.143. The number of carbonyl (C=O) groups is 3. The average Bonchev–Trinajstić information content (AvgIpc) is 2.94. The molecule has 0 heterocycles. The van der Waals surface area contributed by atoms with Crippen LogP contribution >= 0.6 is 0 Å². The molecule has 3 rings (SSSR count). The highest BCUT2D eigenvalue weighted by Crippen LogP contribution is 2.24. The maximum Gasteiger partial charge on any atom is 0.305 e. The van der Waals surface area contributed by atoms with Gasteiger partial charge in [0.25, 0.3) is 5.91 Å². The summed E-state index contributed by atoms with van der Waals surface area (Å²) in [5.74, 6) is 0.579. The summed E-state index contributed by atoms with van der Waals surface area (Å²) in [5.41, 5.74) is 4.24. The van der Waals surface area contributed by atoms with Crippen molar-refractivity contribution in [1.82, 2.24) is 4.90 Å². The SMILES string of the molecule is CCOC(=O)CCCCCOc1cccc(CN(C(=O)c2ccc(-c3cccc(NC=O)c3)cc2)C(C)C)c1. The molecule has 3 aromatic rings. The van der Waals surface area contributed by atoms with Crippen LogP contribution in [0.5, 0.6) is 5.75 Å². The van der Waals surface area contributed by atoms with Crippen molar-refractivity contribution < 1.29 is 23.9 Å². The predicted octanol–water partition coefficient (Wildman–Crippen LogP) is 6.48. The molecule has 7 heteroatoms. The molecule has 0 saturated heterocycles. The summed E-state index contributed by atoms with van der Waals surface area (Å²) in [6.07, 6.45) is 3.64. The first-order valence-electron chi connectivity index (χ1n) is 13.5. The molecule has 0 aliphatic heterocycles. The van der Waals surface area contributed by atoms with Crippen LogP contribution in [0.4, 0.5) is 5.69 Å². The number of anilines is 1. The molecule has 7 nitrogen and oxygen atoms in total. The number of ether oxygens (including phenoxy) is 2. The molecule has 0 fully saturated rings. The fraction of sp³-hybridized carbons (Fsp3) is 0.344. The van der Waals surface area contributed by atoms with Gasteiger partial charge in [0.1, 0.15) is 5.75 Å². The number of amides is 2. The summed E-state index contributed by atoms with van der Waals surface area (Å²) in [6.45, 7) is 7.28. The van der Waals surface area contributed by atoms with Crippen molar-refractivity contribution in [3.05, 3.63) is 83.9 Å². The van der Waals surface area contributed by atoms with Crippen molar-refractivity contribution in [2.45, 2.75) is 59.0 Å². The first kappa shape index (κ1) is 29.4. The van der Waals surface area contributed by atoms with Crippen LogP contribution < -0.4 is 10.1 Å². The fourth-order valence-corrected chi connectivity index (χ4v) is 4.22. The van der Waals surface area contributed by atoms with Gasteiger partial charge in [0.05, 0.1) is 13.2 Å². The molecule has 0 bridgehead atoms. The Bertz CT molecular complexity index is 1220. The fourth-order valence-electron chi connectivity index (χ4n) is 4.22. The molecule has 0 unspecified atom stereocenters. The van der Waals surface area contributed by atoms with Gasteiger partial charge >= 0.3 is 5.97 Å². The molecule has 3 aromatic carbocycles. The van der Waals surface area contributed by atoms with Crippen molar-refractivity contribution >= 4 is 24.0 Å². The van der Waals surface area contributed by atoms with Crippen LogP contribution in [0, 0.1) is 0 Å². The summed E-state index contributed by atoms with van der Waals surface area (Å²) in [6, 6.07) is 22.9. The molecule has 2 amide bonds. The van der Waals surface area contributed by atoms with Gasteiger partial charge < -0.3 is 19.7 Å². The Morgan fingerprint density at radius 2 is 1.69 bits per heavy atom. The normalized spacial score (nSPS) is 10.7. The third-order valence-corrected chi connectivity index (χ3v) is 6.29. The molecule has 1 N–H and O–H groups in total. The summed E-state index contributed by atoms with van der Waals surface area (Å²) < 4.78 is 10.9. The number of hydrogen-bond donors (Lipinski definition) is 1. The molecular weight excluding hydrogens is 492 g/mol. The zero-order valence-corrected chi connectivity index (χ0v) is 23.0. The molecule has 0 atom stereocenters. The lowest BCUT2D eigenvalue weighted by Gasteiger charge is -2.27. The van der Waals surface area contributed by atoms with Crippen LogP contribution in [-0.2, 0) is 20.9 Å². The highest BCUT2D eigenvalue weighted by molar-refractivity contribution is 5.95. The van der Waals surface area contributed by atoms with Gasteiger partial charge in [0, 0.05) is 30.3 Å². The van der Waals surface area contributed by atoms with Crippen molar-refractivity contribution in [3.63, 3.8) is 0 Å². The van der Waals surface area contributed by atoms with E-state index in [2.05, 4.69) is 5.32 Å². The number of nitrogens with one attached hydrogen (secondary N) is 1. The highest BCUT2D eigenvalue weighted by Gasteiger charge is 2.19. The number of nitrogens with zero attached hydrogens (tertiary/aromatic N) is 1. The van der Waals surface area contributed by atoms with Crippen LogP contribution in [0.2, 0.25) is 0 Å². The predicted molar refractivity (Wildman–Crippen MR) is 154 cm³/mol. The summed E-state index contributed by atoms with van der Waals surface area (Å²) in [4.78, 5) is 37.5. The van der Waals surface area contributed by atoms with E-state index in [1.165, 1.54) is 0 Å². The smallest absolute Gasteiger partial charge is 0.305 e. The van der Waals surface area contributed by atoms with Crippen molar-refractivity contribution in [2.24, 2.45) is 0 Å². The Balaban J connectivity index is 1.58. The average molecular weight is 531 g/mol. The molecule has 39 heavy (non-hydrogen) atoms. The van der Waals surface area contributed by atoms with E-state index < -0.39 is 0 Å². The third-order valence-electron chi connectivity index (χ3n) is 6.29. The number of rotatable bonds is 15. The van der Waals surface area contributed by atoms with Crippen LogP contribution in [-0.4, -0.2) is 42.4 Å². The molecule has 0 spiro atoms. The standard InChI is InChI=1S/C32H38N2O5/c1-4-38-31(36)14-6-5-7-19-39-30-13-8-10-25(20-30)22-34(24(2)3)32(37)27-17-15-26(16-18-27)28-11-9-12-29(21-28)33-23-35/h8-13,15-18,20-21,23-24H,4-7,14,19,22H2,1-3H3,(H,33,35).